The molecule has 2 bridgehead atoms. The van der Waals surface area contributed by atoms with Crippen LogP contribution in [0.3, 0.4) is 0 Å². The van der Waals surface area contributed by atoms with Crippen LogP contribution in [0.25, 0.3) is 0 Å². The topological polar surface area (TPSA) is 41.5 Å². The number of aliphatic hydroxyl groups is 1. The molecule has 0 heterocycles. The van der Waals surface area contributed by atoms with Crippen molar-refractivity contribution in [2.45, 2.75) is 51.7 Å². The van der Waals surface area contributed by atoms with Gasteiger partial charge in [-0.1, -0.05) is 24.6 Å². The Hall–Kier alpha value is -1.06. The number of fused-ring (bicyclic) bond motifs is 2. The predicted molar refractivity (Wildman–Crippen MR) is 89.1 cm³/mol. The van der Waals surface area contributed by atoms with Gasteiger partial charge in [0.15, 0.2) is 0 Å². The monoisotopic (exact) mass is 303 g/mol. The minimum absolute atomic E-state index is 0.349. The fourth-order valence-electron chi connectivity index (χ4n) is 4.34. The van der Waals surface area contributed by atoms with Gasteiger partial charge in [0.05, 0.1) is 0 Å². The molecular weight excluding hydrogens is 274 g/mol. The summed E-state index contributed by atoms with van der Waals surface area (Å²) >= 11 is 0. The molecule has 0 aromatic heterocycles. The number of aliphatic hydroxyl groups excluding tert-OH is 1. The second-order valence-electron chi connectivity index (χ2n) is 7.27. The van der Waals surface area contributed by atoms with Crippen LogP contribution in [0.15, 0.2) is 24.3 Å². The van der Waals surface area contributed by atoms with Crippen molar-refractivity contribution in [3.05, 3.63) is 29.8 Å². The first-order chi connectivity index (χ1) is 10.6. The molecule has 2 aliphatic rings. The molecule has 5 atom stereocenters. The number of nitrogens with one attached hydrogen (secondary N) is 1. The molecule has 2 N–H and O–H groups in total. The smallest absolute Gasteiger partial charge is 0.122 e. The van der Waals surface area contributed by atoms with E-state index in [1.807, 2.05) is 31.2 Å². The Balaban J connectivity index is 1.39. The predicted octanol–water partition coefficient (Wildman–Crippen LogP) is 3.15. The number of para-hydroxylation sites is 1. The van der Waals surface area contributed by atoms with Crippen molar-refractivity contribution in [3.63, 3.8) is 0 Å². The van der Waals surface area contributed by atoms with Crippen LogP contribution in [-0.2, 0) is 0 Å². The normalized spacial score (nSPS) is 29.5. The van der Waals surface area contributed by atoms with Gasteiger partial charge in [0.1, 0.15) is 18.5 Å². The molecule has 0 amide bonds. The first kappa shape index (κ1) is 15.8. The second kappa shape index (κ2) is 7.01. The van der Waals surface area contributed by atoms with E-state index >= 15 is 0 Å². The summed E-state index contributed by atoms with van der Waals surface area (Å²) in [6.45, 7) is 5.26. The summed E-state index contributed by atoms with van der Waals surface area (Å²) in [5, 5.41) is 13.7. The van der Waals surface area contributed by atoms with E-state index in [4.69, 9.17) is 4.74 Å². The number of hydrogen-bond donors (Lipinski definition) is 2. The fourth-order valence-corrected chi connectivity index (χ4v) is 4.34. The van der Waals surface area contributed by atoms with Crippen LogP contribution in [0.4, 0.5) is 0 Å². The highest BCUT2D eigenvalue weighted by atomic mass is 16.5. The summed E-state index contributed by atoms with van der Waals surface area (Å²) in [6, 6.07) is 8.44. The lowest BCUT2D eigenvalue weighted by molar-refractivity contribution is 0.0990. The molecule has 1 aromatic carbocycles. The quantitative estimate of drug-likeness (QED) is 0.813. The second-order valence-corrected chi connectivity index (χ2v) is 7.27. The lowest BCUT2D eigenvalue weighted by Gasteiger charge is -2.29. The largest absolute Gasteiger partial charge is 0.491 e. The van der Waals surface area contributed by atoms with Gasteiger partial charge in [0.2, 0.25) is 0 Å². The van der Waals surface area contributed by atoms with Crippen molar-refractivity contribution in [1.29, 1.82) is 0 Å². The Morgan fingerprint density at radius 2 is 2.09 bits per heavy atom. The van der Waals surface area contributed by atoms with Gasteiger partial charge < -0.3 is 15.2 Å². The number of ether oxygens (including phenoxy) is 1. The van der Waals surface area contributed by atoms with Crippen molar-refractivity contribution in [2.75, 3.05) is 13.2 Å². The van der Waals surface area contributed by atoms with Gasteiger partial charge in [0.25, 0.3) is 0 Å². The zero-order chi connectivity index (χ0) is 15.5. The molecule has 0 saturated heterocycles. The van der Waals surface area contributed by atoms with Crippen LogP contribution in [0.5, 0.6) is 5.75 Å². The maximum Gasteiger partial charge on any atom is 0.122 e. The van der Waals surface area contributed by atoms with E-state index in [1.54, 1.807) is 0 Å². The average Bonchev–Trinajstić information content (AvgIpc) is 3.15. The molecule has 3 rings (SSSR count). The fraction of sp³-hybridized carbons (Fsp3) is 0.684. The van der Waals surface area contributed by atoms with Gasteiger partial charge >= 0.3 is 0 Å². The van der Waals surface area contributed by atoms with Crippen LogP contribution in [-0.4, -0.2) is 30.4 Å². The van der Waals surface area contributed by atoms with Crippen molar-refractivity contribution in [1.82, 2.24) is 5.32 Å². The molecule has 0 unspecified atom stereocenters. The maximum absolute atomic E-state index is 10.1. The van der Waals surface area contributed by atoms with Crippen molar-refractivity contribution >= 4 is 0 Å². The minimum Gasteiger partial charge on any atom is -0.491 e. The van der Waals surface area contributed by atoms with Gasteiger partial charge in [-0.05, 0) is 62.5 Å². The zero-order valence-corrected chi connectivity index (χ0v) is 13.8. The Morgan fingerprint density at radius 1 is 1.27 bits per heavy atom. The highest BCUT2D eigenvalue weighted by molar-refractivity contribution is 5.31. The average molecular weight is 303 g/mol. The highest BCUT2D eigenvalue weighted by Crippen LogP contribution is 2.49. The van der Waals surface area contributed by atoms with E-state index < -0.39 is 6.10 Å². The van der Waals surface area contributed by atoms with Gasteiger partial charge in [-0.25, -0.2) is 0 Å². The molecule has 0 spiro atoms. The SMILES string of the molecule is Cc1ccccc1OC[C@H](O)CN[C@H](C)[C@H]1C[C@H]2CC[C@H]1C2. The van der Waals surface area contributed by atoms with E-state index in [2.05, 4.69) is 12.2 Å². The third-order valence-electron chi connectivity index (χ3n) is 5.64. The van der Waals surface area contributed by atoms with Crippen molar-refractivity contribution in [3.8, 4) is 5.75 Å². The van der Waals surface area contributed by atoms with Crippen LogP contribution >= 0.6 is 0 Å². The van der Waals surface area contributed by atoms with Crippen molar-refractivity contribution in [2.24, 2.45) is 17.8 Å². The van der Waals surface area contributed by atoms with Gasteiger partial charge in [-0.15, -0.1) is 0 Å². The van der Waals surface area contributed by atoms with Crippen LogP contribution in [0.1, 0.15) is 38.2 Å². The van der Waals surface area contributed by atoms with Gasteiger partial charge in [0, 0.05) is 12.6 Å². The van der Waals surface area contributed by atoms with Crippen LogP contribution < -0.4 is 10.1 Å². The van der Waals surface area contributed by atoms with Crippen LogP contribution in [0, 0.1) is 24.7 Å². The van der Waals surface area contributed by atoms with Gasteiger partial charge in [-0.3, -0.25) is 0 Å². The Bertz CT molecular complexity index is 490. The summed E-state index contributed by atoms with van der Waals surface area (Å²) in [5.41, 5.74) is 1.11. The number of benzene rings is 1. The molecule has 3 heteroatoms. The third-order valence-corrected chi connectivity index (χ3v) is 5.64. The van der Waals surface area contributed by atoms with E-state index in [9.17, 15) is 5.11 Å². The van der Waals surface area contributed by atoms with E-state index in [0.29, 0.717) is 19.2 Å². The van der Waals surface area contributed by atoms with Crippen LogP contribution in [0.2, 0.25) is 0 Å². The molecule has 2 aliphatic carbocycles. The third kappa shape index (κ3) is 3.64. The van der Waals surface area contributed by atoms with E-state index in [1.165, 1.54) is 25.7 Å². The van der Waals surface area contributed by atoms with Crippen molar-refractivity contribution < 1.29 is 9.84 Å². The molecule has 1 aromatic rings. The first-order valence-electron chi connectivity index (χ1n) is 8.73. The minimum atomic E-state index is -0.458. The molecule has 3 nitrogen and oxygen atoms in total. The lowest BCUT2D eigenvalue weighted by Crippen LogP contribution is -2.41. The maximum atomic E-state index is 10.1. The molecule has 122 valence electrons. The Morgan fingerprint density at radius 3 is 2.77 bits per heavy atom. The Kier molecular flexibility index (Phi) is 5.04. The summed E-state index contributed by atoms with van der Waals surface area (Å²) < 4.78 is 5.72. The summed E-state index contributed by atoms with van der Waals surface area (Å²) in [5.74, 6) is 3.58. The molecule has 0 aliphatic heterocycles. The molecule has 2 fully saturated rings. The highest BCUT2D eigenvalue weighted by Gasteiger charge is 2.41. The molecule has 22 heavy (non-hydrogen) atoms. The summed E-state index contributed by atoms with van der Waals surface area (Å²) in [7, 11) is 0. The standard InChI is InChI=1S/C19H29NO2/c1-13-5-3-4-6-19(13)22-12-17(21)11-20-14(2)18-10-15-7-8-16(18)9-15/h3-6,14-18,20-21H,7-12H2,1-2H3/t14-,15+,16+,17-,18-/m1/s1. The van der Waals surface area contributed by atoms with E-state index in [0.717, 1.165) is 29.1 Å². The number of hydrogen-bond acceptors (Lipinski definition) is 3. The first-order valence-corrected chi connectivity index (χ1v) is 8.73. The summed E-state index contributed by atoms with van der Waals surface area (Å²) in [6.07, 6.45) is 5.23. The number of rotatable bonds is 7. The molecular formula is C19H29NO2. The zero-order valence-electron chi connectivity index (χ0n) is 13.8. The summed E-state index contributed by atoms with van der Waals surface area (Å²) in [4.78, 5) is 0. The Labute approximate surface area is 134 Å². The molecule has 0 radical (unpaired) electrons. The van der Waals surface area contributed by atoms with E-state index in [-0.39, 0.29) is 0 Å². The lowest BCUT2D eigenvalue weighted by atomic mass is 9.84. The van der Waals surface area contributed by atoms with Gasteiger partial charge in [-0.2, -0.15) is 0 Å². The number of aryl methyl sites for hydroxylation is 1. The molecule has 2 saturated carbocycles.